The van der Waals surface area contributed by atoms with Gasteiger partial charge >= 0.3 is 0 Å². The Morgan fingerprint density at radius 1 is 1.60 bits per heavy atom. The lowest BCUT2D eigenvalue weighted by Gasteiger charge is -2.24. The van der Waals surface area contributed by atoms with Crippen molar-refractivity contribution < 1.29 is 4.79 Å². The van der Waals surface area contributed by atoms with Gasteiger partial charge in [0.15, 0.2) is 0 Å². The Morgan fingerprint density at radius 2 is 2.50 bits per heavy atom. The molecule has 0 bridgehead atoms. The average molecular weight is 137 g/mol. The summed E-state index contributed by atoms with van der Waals surface area (Å²) in [6.45, 7) is 0.944. The Bertz CT molecular complexity index is 186. The van der Waals surface area contributed by atoms with E-state index in [0.717, 1.165) is 25.8 Å². The molecule has 1 saturated heterocycles. The number of rotatable bonds is 0. The van der Waals surface area contributed by atoms with E-state index in [1.54, 1.807) is 0 Å². The van der Waals surface area contributed by atoms with Crippen molar-refractivity contribution in [3.05, 3.63) is 12.2 Å². The second kappa shape index (κ2) is 2.11. The summed E-state index contributed by atoms with van der Waals surface area (Å²) >= 11 is 0. The van der Waals surface area contributed by atoms with Crippen molar-refractivity contribution in [1.82, 2.24) is 4.90 Å². The molecule has 0 aromatic heterocycles. The van der Waals surface area contributed by atoms with E-state index in [1.165, 1.54) is 0 Å². The molecule has 1 amide bonds. The summed E-state index contributed by atoms with van der Waals surface area (Å²) in [5, 5.41) is 0. The highest BCUT2D eigenvalue weighted by Gasteiger charge is 2.29. The van der Waals surface area contributed by atoms with Crippen LogP contribution in [0.4, 0.5) is 0 Å². The van der Waals surface area contributed by atoms with Crippen LogP contribution in [0.5, 0.6) is 0 Å². The number of nitrogens with zero attached hydrogens (tertiary/aromatic N) is 1. The van der Waals surface area contributed by atoms with Crippen molar-refractivity contribution >= 4 is 5.91 Å². The van der Waals surface area contributed by atoms with Gasteiger partial charge in [-0.15, -0.1) is 0 Å². The molecule has 0 aliphatic carbocycles. The Balaban J connectivity index is 2.19. The first-order chi connectivity index (χ1) is 4.88. The molecule has 0 spiro atoms. The minimum atomic E-state index is 0.342. The Kier molecular flexibility index (Phi) is 1.26. The second-order valence-electron chi connectivity index (χ2n) is 2.91. The van der Waals surface area contributed by atoms with Crippen LogP contribution in [0.2, 0.25) is 0 Å². The largest absolute Gasteiger partial charge is 0.336 e. The molecule has 2 aliphatic heterocycles. The molecule has 0 N–H and O–H groups in total. The summed E-state index contributed by atoms with van der Waals surface area (Å²) in [5.74, 6) is 0.342. The number of carbonyl (C=O) groups is 1. The maximum atomic E-state index is 11.1. The Labute approximate surface area is 60.5 Å². The van der Waals surface area contributed by atoms with Crippen LogP contribution in [0.3, 0.4) is 0 Å². The van der Waals surface area contributed by atoms with E-state index in [9.17, 15) is 4.79 Å². The molecule has 0 aromatic carbocycles. The lowest BCUT2D eigenvalue weighted by Crippen LogP contribution is -2.34. The lowest BCUT2D eigenvalue weighted by atomic mass is 10.1. The third-order valence-corrected chi connectivity index (χ3v) is 2.27. The predicted molar refractivity (Wildman–Crippen MR) is 38.5 cm³/mol. The molecule has 10 heavy (non-hydrogen) atoms. The standard InChI is InChI=1S/C8H11NO/c10-8-5-4-7-3-1-2-6-9(7)8/h1,3,7H,2,4-6H2. The van der Waals surface area contributed by atoms with Crippen LogP contribution < -0.4 is 0 Å². The monoisotopic (exact) mass is 137 g/mol. The van der Waals surface area contributed by atoms with Crippen molar-refractivity contribution in [1.29, 1.82) is 0 Å². The molecule has 1 fully saturated rings. The fourth-order valence-corrected chi connectivity index (χ4v) is 1.71. The van der Waals surface area contributed by atoms with E-state index in [2.05, 4.69) is 12.2 Å². The van der Waals surface area contributed by atoms with Crippen molar-refractivity contribution in [2.24, 2.45) is 0 Å². The molecular formula is C8H11NO. The van der Waals surface area contributed by atoms with Gasteiger partial charge in [0.05, 0.1) is 6.04 Å². The zero-order valence-electron chi connectivity index (χ0n) is 5.92. The molecule has 2 heteroatoms. The number of carbonyl (C=O) groups excluding carboxylic acids is 1. The number of amides is 1. The molecule has 1 atom stereocenters. The summed E-state index contributed by atoms with van der Waals surface area (Å²) in [4.78, 5) is 13.1. The summed E-state index contributed by atoms with van der Waals surface area (Å²) in [5.41, 5.74) is 0. The molecule has 0 saturated carbocycles. The third kappa shape index (κ3) is 0.753. The first-order valence-electron chi connectivity index (χ1n) is 3.84. The minimum Gasteiger partial charge on any atom is -0.336 e. The van der Waals surface area contributed by atoms with E-state index in [0.29, 0.717) is 11.9 Å². The molecular weight excluding hydrogens is 126 g/mol. The van der Waals surface area contributed by atoms with Gasteiger partial charge in [-0.05, 0) is 12.8 Å². The van der Waals surface area contributed by atoms with Gasteiger partial charge in [0.1, 0.15) is 0 Å². The van der Waals surface area contributed by atoms with Crippen LogP contribution in [-0.4, -0.2) is 23.4 Å². The summed E-state index contributed by atoms with van der Waals surface area (Å²) in [6.07, 6.45) is 7.18. The van der Waals surface area contributed by atoms with Crippen LogP contribution in [0.25, 0.3) is 0 Å². The molecule has 54 valence electrons. The quantitative estimate of drug-likeness (QED) is 0.455. The van der Waals surface area contributed by atoms with Crippen molar-refractivity contribution in [3.8, 4) is 0 Å². The maximum absolute atomic E-state index is 11.1. The SMILES string of the molecule is O=C1CCC2C=CCCN12. The highest BCUT2D eigenvalue weighted by Crippen LogP contribution is 2.22. The summed E-state index contributed by atoms with van der Waals surface area (Å²) in [7, 11) is 0. The average Bonchev–Trinajstić information content (AvgIpc) is 2.34. The first kappa shape index (κ1) is 5.96. The van der Waals surface area contributed by atoms with E-state index in [-0.39, 0.29) is 0 Å². The van der Waals surface area contributed by atoms with Crippen LogP contribution in [0, 0.1) is 0 Å². The van der Waals surface area contributed by atoms with Gasteiger partial charge in [0.25, 0.3) is 0 Å². The predicted octanol–water partition coefficient (Wildman–Crippen LogP) is 0.937. The summed E-state index contributed by atoms with van der Waals surface area (Å²) in [6, 6.07) is 0.446. The Morgan fingerprint density at radius 3 is 3.30 bits per heavy atom. The molecule has 2 heterocycles. The number of hydrogen-bond donors (Lipinski definition) is 0. The Hall–Kier alpha value is -0.790. The zero-order valence-corrected chi connectivity index (χ0v) is 5.92. The van der Waals surface area contributed by atoms with E-state index in [1.807, 2.05) is 4.90 Å². The maximum Gasteiger partial charge on any atom is 0.223 e. The topological polar surface area (TPSA) is 20.3 Å². The van der Waals surface area contributed by atoms with Crippen LogP contribution in [0.15, 0.2) is 12.2 Å². The molecule has 0 radical (unpaired) electrons. The van der Waals surface area contributed by atoms with E-state index >= 15 is 0 Å². The van der Waals surface area contributed by atoms with Crippen molar-refractivity contribution in [3.63, 3.8) is 0 Å². The van der Waals surface area contributed by atoms with Crippen LogP contribution >= 0.6 is 0 Å². The summed E-state index contributed by atoms with van der Waals surface area (Å²) < 4.78 is 0. The fraction of sp³-hybridized carbons (Fsp3) is 0.625. The molecule has 2 rings (SSSR count). The fourth-order valence-electron chi connectivity index (χ4n) is 1.71. The minimum absolute atomic E-state index is 0.342. The third-order valence-electron chi connectivity index (χ3n) is 2.27. The van der Waals surface area contributed by atoms with Crippen molar-refractivity contribution in [2.45, 2.75) is 25.3 Å². The van der Waals surface area contributed by atoms with Gasteiger partial charge < -0.3 is 4.90 Å². The van der Waals surface area contributed by atoms with Gasteiger partial charge in [-0.2, -0.15) is 0 Å². The van der Waals surface area contributed by atoms with Gasteiger partial charge in [-0.25, -0.2) is 0 Å². The number of hydrogen-bond acceptors (Lipinski definition) is 1. The lowest BCUT2D eigenvalue weighted by molar-refractivity contribution is -0.128. The molecule has 2 nitrogen and oxygen atoms in total. The number of fused-ring (bicyclic) bond motifs is 1. The smallest absolute Gasteiger partial charge is 0.223 e. The van der Waals surface area contributed by atoms with Gasteiger partial charge in [0, 0.05) is 13.0 Å². The van der Waals surface area contributed by atoms with Gasteiger partial charge in [0.2, 0.25) is 5.91 Å². The van der Waals surface area contributed by atoms with Gasteiger partial charge in [-0.1, -0.05) is 12.2 Å². The second-order valence-corrected chi connectivity index (χ2v) is 2.91. The van der Waals surface area contributed by atoms with Crippen molar-refractivity contribution in [2.75, 3.05) is 6.54 Å². The van der Waals surface area contributed by atoms with Crippen LogP contribution in [0.1, 0.15) is 19.3 Å². The normalized spacial score (nSPS) is 31.0. The van der Waals surface area contributed by atoms with E-state index in [4.69, 9.17) is 0 Å². The molecule has 1 unspecified atom stereocenters. The van der Waals surface area contributed by atoms with E-state index < -0.39 is 0 Å². The first-order valence-corrected chi connectivity index (χ1v) is 3.84. The molecule has 0 aromatic rings. The van der Waals surface area contributed by atoms with Crippen LogP contribution in [-0.2, 0) is 4.79 Å². The highest BCUT2D eigenvalue weighted by molar-refractivity contribution is 5.79. The van der Waals surface area contributed by atoms with Gasteiger partial charge in [-0.3, -0.25) is 4.79 Å². The zero-order chi connectivity index (χ0) is 6.97. The molecule has 2 aliphatic rings. The highest BCUT2D eigenvalue weighted by atomic mass is 16.2.